The van der Waals surface area contributed by atoms with Gasteiger partial charge in [0, 0.05) is 62.4 Å². The maximum Gasteiger partial charge on any atom is 0.229 e. The zero-order valence-electron chi connectivity index (χ0n) is 20.9. The van der Waals surface area contributed by atoms with Crippen molar-refractivity contribution in [3.05, 3.63) is 59.4 Å². The van der Waals surface area contributed by atoms with Gasteiger partial charge in [0.1, 0.15) is 17.3 Å². The van der Waals surface area contributed by atoms with Gasteiger partial charge in [0.15, 0.2) is 5.82 Å². The van der Waals surface area contributed by atoms with E-state index in [0.29, 0.717) is 11.5 Å². The first-order valence-electron chi connectivity index (χ1n) is 12.2. The summed E-state index contributed by atoms with van der Waals surface area (Å²) in [6.45, 7) is 12.1. The second-order valence-electron chi connectivity index (χ2n) is 9.14. The molecule has 3 aromatic rings. The highest BCUT2D eigenvalue weighted by Crippen LogP contribution is 2.29. The Morgan fingerprint density at radius 2 is 1.78 bits per heavy atom. The van der Waals surface area contributed by atoms with E-state index in [1.807, 2.05) is 32.2 Å². The number of halogens is 2. The molecule has 1 fully saturated rings. The molecule has 8 nitrogen and oxygen atoms in total. The van der Waals surface area contributed by atoms with E-state index in [0.717, 1.165) is 57.2 Å². The van der Waals surface area contributed by atoms with Crippen molar-refractivity contribution in [1.82, 2.24) is 24.8 Å². The minimum atomic E-state index is -0.676. The van der Waals surface area contributed by atoms with Gasteiger partial charge >= 0.3 is 0 Å². The average molecular weight is 495 g/mol. The van der Waals surface area contributed by atoms with Crippen LogP contribution in [0.15, 0.2) is 36.7 Å². The third-order valence-electron chi connectivity index (χ3n) is 6.12. The van der Waals surface area contributed by atoms with Gasteiger partial charge in [-0.15, -0.1) is 0 Å². The van der Waals surface area contributed by atoms with Gasteiger partial charge in [-0.1, -0.05) is 13.0 Å². The number of likely N-dealkylation sites (N-methyl/N-ethyl adjacent to an activating group) is 1. The molecule has 0 amide bonds. The minimum absolute atomic E-state index is 0.000757. The van der Waals surface area contributed by atoms with Crippen molar-refractivity contribution in [1.29, 1.82) is 5.41 Å². The van der Waals surface area contributed by atoms with Crippen LogP contribution in [-0.2, 0) is 6.54 Å². The average Bonchev–Trinajstić information content (AvgIpc) is 2.86. The predicted molar refractivity (Wildman–Crippen MR) is 139 cm³/mol. The normalized spacial score (nSPS) is 14.7. The highest BCUT2D eigenvalue weighted by molar-refractivity contribution is 5.88. The van der Waals surface area contributed by atoms with Crippen LogP contribution in [0.5, 0.6) is 0 Å². The van der Waals surface area contributed by atoms with E-state index in [-0.39, 0.29) is 28.8 Å². The van der Waals surface area contributed by atoms with E-state index in [1.54, 1.807) is 6.07 Å². The molecule has 36 heavy (non-hydrogen) atoms. The molecule has 0 saturated carbocycles. The molecular weight excluding hydrogens is 462 g/mol. The van der Waals surface area contributed by atoms with Gasteiger partial charge in [0.2, 0.25) is 5.95 Å². The van der Waals surface area contributed by atoms with Crippen LogP contribution in [0.3, 0.4) is 0 Å². The smallest absolute Gasteiger partial charge is 0.229 e. The molecule has 2 aromatic heterocycles. The van der Waals surface area contributed by atoms with Crippen molar-refractivity contribution in [2.24, 2.45) is 0 Å². The molecular formula is C26H32F2N8. The van der Waals surface area contributed by atoms with Crippen molar-refractivity contribution >= 4 is 23.7 Å². The topological polar surface area (TPSA) is 93.1 Å². The van der Waals surface area contributed by atoms with E-state index < -0.39 is 11.6 Å². The number of nitrogens with zero attached hydrogens (tertiary/aromatic N) is 5. The molecule has 0 unspecified atom stereocenters. The molecule has 1 aromatic carbocycles. The SMILES string of the molecule is CCN1CCN(Cc2ccc(Nc3ncc(F)c(-c4cc(F)c(C=N)c(NC(C)C)c4)n3)nc2)CC1. The Bertz CT molecular complexity index is 1190. The lowest BCUT2D eigenvalue weighted by atomic mass is 10.0. The fraction of sp³-hybridized carbons (Fsp3) is 0.385. The zero-order valence-corrected chi connectivity index (χ0v) is 20.9. The Hall–Kier alpha value is -3.50. The van der Waals surface area contributed by atoms with Crippen LogP contribution in [0.1, 0.15) is 31.9 Å². The van der Waals surface area contributed by atoms with Gasteiger partial charge in [0.05, 0.1) is 11.8 Å². The number of hydrogen-bond donors (Lipinski definition) is 3. The molecule has 10 heteroatoms. The molecule has 1 aliphatic rings. The lowest BCUT2D eigenvalue weighted by Crippen LogP contribution is -2.45. The molecule has 0 spiro atoms. The zero-order chi connectivity index (χ0) is 25.7. The standard InChI is InChI=1S/C26H32F2N8/c1-4-35-7-9-36(10-8-35)16-18-5-6-24(30-14-18)33-26-31-15-22(28)25(34-26)19-11-21(27)20(13-29)23(12-19)32-17(2)3/h5-6,11-15,17,29,32H,4,7-10,16H2,1-3H3,(H,30,31,33,34). The second-order valence-corrected chi connectivity index (χ2v) is 9.14. The van der Waals surface area contributed by atoms with Crippen molar-refractivity contribution in [3.8, 4) is 11.3 Å². The van der Waals surface area contributed by atoms with Gasteiger partial charge in [-0.3, -0.25) is 4.90 Å². The quantitative estimate of drug-likeness (QED) is 0.377. The van der Waals surface area contributed by atoms with Crippen LogP contribution in [0.2, 0.25) is 0 Å². The molecule has 0 atom stereocenters. The Labute approximate surface area is 210 Å². The van der Waals surface area contributed by atoms with Gasteiger partial charge in [-0.2, -0.15) is 0 Å². The predicted octanol–water partition coefficient (Wildman–Crippen LogP) is 4.52. The molecule has 4 rings (SSSR count). The van der Waals surface area contributed by atoms with Crippen molar-refractivity contribution < 1.29 is 8.78 Å². The first-order valence-corrected chi connectivity index (χ1v) is 12.2. The van der Waals surface area contributed by atoms with Crippen molar-refractivity contribution in [2.75, 3.05) is 43.4 Å². The Morgan fingerprint density at radius 3 is 2.42 bits per heavy atom. The van der Waals surface area contributed by atoms with Gasteiger partial charge in [-0.05, 0) is 44.2 Å². The Balaban J connectivity index is 1.49. The third kappa shape index (κ3) is 6.19. The van der Waals surface area contributed by atoms with Gasteiger partial charge in [0.25, 0.3) is 0 Å². The number of hydrogen-bond acceptors (Lipinski definition) is 8. The summed E-state index contributed by atoms with van der Waals surface area (Å²) < 4.78 is 29.3. The summed E-state index contributed by atoms with van der Waals surface area (Å²) in [5, 5.41) is 13.6. The summed E-state index contributed by atoms with van der Waals surface area (Å²) in [6.07, 6.45) is 3.80. The number of pyridine rings is 1. The number of piperazine rings is 1. The first kappa shape index (κ1) is 25.6. The lowest BCUT2D eigenvalue weighted by molar-refractivity contribution is 0.132. The highest BCUT2D eigenvalue weighted by Gasteiger charge is 2.17. The van der Waals surface area contributed by atoms with E-state index >= 15 is 0 Å². The second kappa shape index (κ2) is 11.5. The van der Waals surface area contributed by atoms with Crippen molar-refractivity contribution in [2.45, 2.75) is 33.4 Å². The van der Waals surface area contributed by atoms with Crippen LogP contribution in [0.25, 0.3) is 11.3 Å². The van der Waals surface area contributed by atoms with Crippen molar-refractivity contribution in [3.63, 3.8) is 0 Å². The maximum absolute atomic E-state index is 14.7. The van der Waals surface area contributed by atoms with Crippen LogP contribution in [0, 0.1) is 17.0 Å². The van der Waals surface area contributed by atoms with Gasteiger partial charge < -0.3 is 20.9 Å². The summed E-state index contributed by atoms with van der Waals surface area (Å²) in [5.74, 6) is -0.632. The monoisotopic (exact) mass is 494 g/mol. The maximum atomic E-state index is 14.7. The van der Waals surface area contributed by atoms with E-state index in [1.165, 1.54) is 6.07 Å². The fourth-order valence-corrected chi connectivity index (χ4v) is 4.19. The molecule has 0 bridgehead atoms. The number of nitrogens with one attached hydrogen (secondary N) is 3. The summed E-state index contributed by atoms with van der Waals surface area (Å²) in [6, 6.07) is 6.61. The molecule has 190 valence electrons. The van der Waals surface area contributed by atoms with E-state index in [9.17, 15) is 8.78 Å². The number of rotatable bonds is 9. The summed E-state index contributed by atoms with van der Waals surface area (Å²) >= 11 is 0. The van der Waals surface area contributed by atoms with Crippen LogP contribution < -0.4 is 10.6 Å². The first-order chi connectivity index (χ1) is 17.4. The van der Waals surface area contributed by atoms with E-state index in [4.69, 9.17) is 5.41 Å². The Kier molecular flexibility index (Phi) is 8.17. The summed E-state index contributed by atoms with van der Waals surface area (Å²) in [5.41, 5.74) is 1.82. The molecule has 0 aliphatic carbocycles. The molecule has 1 saturated heterocycles. The summed E-state index contributed by atoms with van der Waals surface area (Å²) in [7, 11) is 0. The molecule has 3 N–H and O–H groups in total. The van der Waals surface area contributed by atoms with Crippen LogP contribution >= 0.6 is 0 Å². The highest BCUT2D eigenvalue weighted by atomic mass is 19.1. The minimum Gasteiger partial charge on any atom is -0.382 e. The van der Waals surface area contributed by atoms with Crippen LogP contribution in [-0.4, -0.2) is 69.7 Å². The fourth-order valence-electron chi connectivity index (χ4n) is 4.19. The Morgan fingerprint density at radius 1 is 1.03 bits per heavy atom. The number of anilines is 3. The number of benzene rings is 1. The van der Waals surface area contributed by atoms with Gasteiger partial charge in [-0.25, -0.2) is 23.7 Å². The molecule has 0 radical (unpaired) electrons. The largest absolute Gasteiger partial charge is 0.382 e. The molecule has 1 aliphatic heterocycles. The third-order valence-corrected chi connectivity index (χ3v) is 6.12. The van der Waals surface area contributed by atoms with E-state index in [2.05, 4.69) is 42.3 Å². The number of aromatic nitrogens is 3. The molecule has 3 heterocycles. The summed E-state index contributed by atoms with van der Waals surface area (Å²) in [4.78, 5) is 17.6. The van der Waals surface area contributed by atoms with Crippen LogP contribution in [0.4, 0.5) is 26.2 Å². The lowest BCUT2D eigenvalue weighted by Gasteiger charge is -2.33.